The molecule has 2 aromatic carbocycles. The maximum atomic E-state index is 12.5. The number of hydrogen-bond donors (Lipinski definition) is 3. The van der Waals surface area contributed by atoms with Crippen LogP contribution in [0.1, 0.15) is 41.0 Å². The third-order valence-corrected chi connectivity index (χ3v) is 5.00. The van der Waals surface area contributed by atoms with E-state index in [9.17, 15) is 4.79 Å². The van der Waals surface area contributed by atoms with E-state index in [1.807, 2.05) is 31.2 Å². The van der Waals surface area contributed by atoms with Crippen molar-refractivity contribution in [3.63, 3.8) is 0 Å². The highest BCUT2D eigenvalue weighted by Gasteiger charge is 2.28. The van der Waals surface area contributed by atoms with Crippen molar-refractivity contribution in [1.82, 2.24) is 20.7 Å². The first-order chi connectivity index (χ1) is 12.7. The van der Waals surface area contributed by atoms with Crippen molar-refractivity contribution in [2.24, 2.45) is 0 Å². The van der Waals surface area contributed by atoms with Gasteiger partial charge in [-0.15, -0.1) is 0 Å². The first-order valence-corrected chi connectivity index (χ1v) is 9.12. The van der Waals surface area contributed by atoms with Gasteiger partial charge in [-0.25, -0.2) is 10.9 Å². The van der Waals surface area contributed by atoms with Gasteiger partial charge in [0.05, 0.1) is 12.2 Å². The predicted octanol–water partition coefficient (Wildman–Crippen LogP) is 3.26. The Balaban J connectivity index is 1.50. The summed E-state index contributed by atoms with van der Waals surface area (Å²) in [7, 11) is 0. The molecule has 2 heterocycles. The van der Waals surface area contributed by atoms with E-state index in [-0.39, 0.29) is 18.1 Å². The molecule has 26 heavy (non-hydrogen) atoms. The second-order valence-corrected chi connectivity index (χ2v) is 6.84. The van der Waals surface area contributed by atoms with E-state index < -0.39 is 0 Å². The third-order valence-electron chi connectivity index (χ3n) is 5.00. The van der Waals surface area contributed by atoms with Gasteiger partial charge >= 0.3 is 0 Å². The summed E-state index contributed by atoms with van der Waals surface area (Å²) in [6.45, 7) is 5.07. The SMILES string of the molecule is CCn1c(C2CC(NC(=O)c3cccc(C)c3)NN2)cc2ccccc21. The highest BCUT2D eigenvalue weighted by molar-refractivity contribution is 5.94. The fourth-order valence-corrected chi connectivity index (χ4v) is 3.75. The number of para-hydroxylation sites is 1. The Morgan fingerprint density at radius 1 is 1.15 bits per heavy atom. The molecule has 5 heteroatoms. The second kappa shape index (κ2) is 6.94. The number of nitrogens with one attached hydrogen (secondary N) is 3. The Hall–Kier alpha value is -2.63. The minimum Gasteiger partial charge on any atom is -0.343 e. The van der Waals surface area contributed by atoms with Gasteiger partial charge in [0.25, 0.3) is 5.91 Å². The smallest absolute Gasteiger partial charge is 0.252 e. The normalized spacial score (nSPS) is 19.8. The van der Waals surface area contributed by atoms with E-state index in [0.29, 0.717) is 5.56 Å². The van der Waals surface area contributed by atoms with Gasteiger partial charge in [0.15, 0.2) is 0 Å². The Morgan fingerprint density at radius 2 is 2.00 bits per heavy atom. The maximum Gasteiger partial charge on any atom is 0.252 e. The van der Waals surface area contributed by atoms with Crippen LogP contribution in [0.3, 0.4) is 0 Å². The number of amides is 1. The predicted molar refractivity (Wildman–Crippen MR) is 104 cm³/mol. The summed E-state index contributed by atoms with van der Waals surface area (Å²) in [6.07, 6.45) is 0.699. The lowest BCUT2D eigenvalue weighted by Gasteiger charge is -2.14. The minimum atomic E-state index is -0.101. The van der Waals surface area contributed by atoms with Crippen LogP contribution in [-0.4, -0.2) is 16.6 Å². The Kier molecular flexibility index (Phi) is 4.49. The molecule has 1 aliphatic rings. The van der Waals surface area contributed by atoms with Gasteiger partial charge in [-0.05, 0) is 43.5 Å². The average molecular weight is 348 g/mol. The molecular formula is C21H24N4O. The summed E-state index contributed by atoms with van der Waals surface area (Å²) in [5, 5.41) is 4.32. The van der Waals surface area contributed by atoms with Crippen molar-refractivity contribution in [3.8, 4) is 0 Å². The molecule has 1 aliphatic heterocycles. The Labute approximate surface area is 153 Å². The van der Waals surface area contributed by atoms with Crippen LogP contribution in [0.5, 0.6) is 0 Å². The number of benzene rings is 2. The summed E-state index contributed by atoms with van der Waals surface area (Å²) in [5.41, 5.74) is 10.8. The molecule has 0 spiro atoms. The van der Waals surface area contributed by atoms with Crippen molar-refractivity contribution in [2.45, 2.75) is 39.0 Å². The molecule has 134 valence electrons. The van der Waals surface area contributed by atoms with Crippen molar-refractivity contribution in [1.29, 1.82) is 0 Å². The molecule has 3 N–H and O–H groups in total. The van der Waals surface area contributed by atoms with Gasteiger partial charge in [-0.2, -0.15) is 0 Å². The molecule has 4 rings (SSSR count). The molecule has 0 saturated carbocycles. The van der Waals surface area contributed by atoms with E-state index >= 15 is 0 Å². The first-order valence-electron chi connectivity index (χ1n) is 9.12. The van der Waals surface area contributed by atoms with E-state index in [2.05, 4.69) is 58.0 Å². The number of aromatic nitrogens is 1. The quantitative estimate of drug-likeness (QED) is 0.678. The lowest BCUT2D eigenvalue weighted by atomic mass is 10.1. The van der Waals surface area contributed by atoms with E-state index in [4.69, 9.17) is 0 Å². The second-order valence-electron chi connectivity index (χ2n) is 6.84. The molecule has 0 bridgehead atoms. The van der Waals surface area contributed by atoms with E-state index in [1.165, 1.54) is 16.6 Å². The zero-order chi connectivity index (χ0) is 18.1. The molecule has 2 unspecified atom stereocenters. The number of aryl methyl sites for hydroxylation is 2. The van der Waals surface area contributed by atoms with E-state index in [1.54, 1.807) is 0 Å². The van der Waals surface area contributed by atoms with Crippen molar-refractivity contribution < 1.29 is 4.79 Å². The van der Waals surface area contributed by atoms with Gasteiger partial charge in [-0.3, -0.25) is 4.79 Å². The van der Waals surface area contributed by atoms with Crippen LogP contribution >= 0.6 is 0 Å². The van der Waals surface area contributed by atoms with Crippen molar-refractivity contribution in [2.75, 3.05) is 0 Å². The van der Waals surface area contributed by atoms with Crippen LogP contribution in [-0.2, 0) is 6.54 Å². The molecule has 3 aromatic rings. The molecule has 0 radical (unpaired) electrons. The lowest BCUT2D eigenvalue weighted by molar-refractivity contribution is 0.0932. The highest BCUT2D eigenvalue weighted by Crippen LogP contribution is 2.28. The van der Waals surface area contributed by atoms with E-state index in [0.717, 1.165) is 18.5 Å². The number of hydrogen-bond acceptors (Lipinski definition) is 3. The van der Waals surface area contributed by atoms with Gasteiger partial charge in [0.1, 0.15) is 0 Å². The standard InChI is InChI=1S/C21H24N4O/c1-3-25-18-10-5-4-8-15(18)12-19(25)17-13-20(24-23-17)22-21(26)16-9-6-7-14(2)11-16/h4-12,17,20,23-24H,3,13H2,1-2H3,(H,22,26). The van der Waals surface area contributed by atoms with Crippen LogP contribution in [0.15, 0.2) is 54.6 Å². The maximum absolute atomic E-state index is 12.5. The summed E-state index contributed by atoms with van der Waals surface area (Å²) in [5.74, 6) is -0.0512. The topological polar surface area (TPSA) is 58.1 Å². The van der Waals surface area contributed by atoms with Crippen molar-refractivity contribution >= 4 is 16.8 Å². The lowest BCUT2D eigenvalue weighted by Crippen LogP contribution is -2.44. The number of fused-ring (bicyclic) bond motifs is 1. The van der Waals surface area contributed by atoms with Crippen LogP contribution in [0.4, 0.5) is 0 Å². The third kappa shape index (κ3) is 3.11. The fourth-order valence-electron chi connectivity index (χ4n) is 3.75. The molecule has 1 aromatic heterocycles. The number of hydrazine groups is 1. The summed E-state index contributed by atoms with van der Waals surface area (Å²) >= 11 is 0. The highest BCUT2D eigenvalue weighted by atomic mass is 16.1. The summed E-state index contributed by atoms with van der Waals surface area (Å²) in [4.78, 5) is 12.5. The zero-order valence-corrected chi connectivity index (χ0v) is 15.1. The summed E-state index contributed by atoms with van der Waals surface area (Å²) < 4.78 is 2.33. The van der Waals surface area contributed by atoms with Gasteiger partial charge in [0, 0.05) is 29.7 Å². The number of nitrogens with zero attached hydrogens (tertiary/aromatic N) is 1. The molecule has 1 fully saturated rings. The number of carbonyl (C=O) groups excluding carboxylic acids is 1. The van der Waals surface area contributed by atoms with Crippen LogP contribution in [0.25, 0.3) is 10.9 Å². The van der Waals surface area contributed by atoms with Crippen LogP contribution in [0.2, 0.25) is 0 Å². The molecule has 5 nitrogen and oxygen atoms in total. The molecule has 2 atom stereocenters. The number of rotatable bonds is 4. The van der Waals surface area contributed by atoms with Gasteiger partial charge < -0.3 is 9.88 Å². The summed E-state index contributed by atoms with van der Waals surface area (Å²) in [6, 6.07) is 18.5. The molecular weight excluding hydrogens is 324 g/mol. The van der Waals surface area contributed by atoms with Gasteiger partial charge in [0.2, 0.25) is 0 Å². The van der Waals surface area contributed by atoms with Crippen LogP contribution < -0.4 is 16.2 Å². The Morgan fingerprint density at radius 3 is 2.81 bits per heavy atom. The molecule has 1 amide bonds. The Bertz CT molecular complexity index is 946. The largest absolute Gasteiger partial charge is 0.343 e. The average Bonchev–Trinajstić information content (AvgIpc) is 3.25. The first kappa shape index (κ1) is 16.8. The minimum absolute atomic E-state index is 0.0512. The zero-order valence-electron chi connectivity index (χ0n) is 15.1. The molecule has 0 aliphatic carbocycles. The fraction of sp³-hybridized carbons (Fsp3) is 0.286. The molecule has 1 saturated heterocycles. The number of carbonyl (C=O) groups is 1. The van der Waals surface area contributed by atoms with Crippen LogP contribution in [0, 0.1) is 6.92 Å². The monoisotopic (exact) mass is 348 g/mol. The van der Waals surface area contributed by atoms with Crippen molar-refractivity contribution in [3.05, 3.63) is 71.4 Å². The van der Waals surface area contributed by atoms with Gasteiger partial charge in [-0.1, -0.05) is 35.9 Å².